The van der Waals surface area contributed by atoms with Gasteiger partial charge in [0.15, 0.2) is 15.4 Å². The topological polar surface area (TPSA) is 117 Å². The van der Waals surface area contributed by atoms with Crippen LogP contribution < -0.4 is 0 Å². The molecule has 1 saturated heterocycles. The first-order valence-corrected chi connectivity index (χ1v) is 12.6. The average molecular weight is 461 g/mol. The summed E-state index contributed by atoms with van der Waals surface area (Å²) in [5.41, 5.74) is 1.44. The minimum absolute atomic E-state index is 0.0427. The van der Waals surface area contributed by atoms with Crippen LogP contribution in [0.1, 0.15) is 0 Å². The number of nitrogens with zero attached hydrogens (tertiary/aromatic N) is 6. The predicted octanol–water partition coefficient (Wildman–Crippen LogP) is 4.48. The normalized spacial score (nSPS) is 22.3. The molecule has 0 amide bonds. The first-order valence-electron chi connectivity index (χ1n) is 8.69. The van der Waals surface area contributed by atoms with E-state index < -0.39 is 9.85 Å². The molecule has 0 saturated carbocycles. The van der Waals surface area contributed by atoms with Gasteiger partial charge in [-0.3, -0.25) is 30.0 Å². The molecule has 2 aromatic rings. The zero-order valence-corrected chi connectivity index (χ0v) is 17.5. The smallest absolute Gasteiger partial charge is 0.269 e. The molecule has 3 aliphatic heterocycles. The van der Waals surface area contributed by atoms with Crippen LogP contribution in [-0.2, 0) is 0 Å². The van der Waals surface area contributed by atoms with Gasteiger partial charge in [0, 0.05) is 37.4 Å². The number of hydrogen-bond donors (Lipinski definition) is 0. The van der Waals surface area contributed by atoms with Crippen molar-refractivity contribution in [3.8, 4) is 0 Å². The Balaban J connectivity index is 1.35. The second kappa shape index (κ2) is 7.41. The van der Waals surface area contributed by atoms with Gasteiger partial charge in [-0.2, -0.15) is 0 Å². The highest BCUT2D eigenvalue weighted by molar-refractivity contribution is 9.21. The van der Waals surface area contributed by atoms with Crippen LogP contribution in [0.15, 0.2) is 58.5 Å². The molecule has 13 heteroatoms. The number of amidine groups is 2. The van der Waals surface area contributed by atoms with Crippen LogP contribution >= 0.6 is 30.1 Å². The second-order valence-electron chi connectivity index (χ2n) is 6.32. The van der Waals surface area contributed by atoms with Crippen molar-refractivity contribution in [2.24, 2.45) is 9.98 Å². The predicted molar refractivity (Wildman–Crippen MR) is 122 cm³/mol. The van der Waals surface area contributed by atoms with E-state index >= 15 is 0 Å². The van der Waals surface area contributed by atoms with Crippen LogP contribution in [0, 0.1) is 20.2 Å². The van der Waals surface area contributed by atoms with E-state index in [9.17, 15) is 20.2 Å². The molecular formula is C17H12N6O4S3. The largest absolute Gasteiger partial charge is 0.298 e. The standard InChI is InChI=1S/C17H12N6O4S3/c24-22(25)13-5-1-11(2-6-13)18-15-20-9-10-21-16(29-30(28-15)17(20)21)19-12-3-7-14(8-4-12)23(26)27/h1-8H,9-10H2. The molecule has 1 fully saturated rings. The van der Waals surface area contributed by atoms with Gasteiger partial charge in [0.2, 0.25) is 0 Å². The van der Waals surface area contributed by atoms with Gasteiger partial charge in [0.05, 0.1) is 21.2 Å². The van der Waals surface area contributed by atoms with E-state index in [1.165, 1.54) is 24.3 Å². The van der Waals surface area contributed by atoms with E-state index in [4.69, 9.17) is 0 Å². The molecular weight excluding hydrogens is 448 g/mol. The first-order chi connectivity index (χ1) is 14.5. The fraction of sp³-hybridized carbons (Fsp3) is 0.118. The summed E-state index contributed by atoms with van der Waals surface area (Å²) < 4.78 is 0. The van der Waals surface area contributed by atoms with Gasteiger partial charge in [0.1, 0.15) is 0 Å². The lowest BCUT2D eigenvalue weighted by molar-refractivity contribution is -0.385. The Morgan fingerprint density at radius 3 is 1.53 bits per heavy atom. The summed E-state index contributed by atoms with van der Waals surface area (Å²) in [4.78, 5) is 34.5. The van der Waals surface area contributed by atoms with Gasteiger partial charge in [-0.25, -0.2) is 9.98 Å². The third-order valence-corrected chi connectivity index (χ3v) is 10.4. The maximum Gasteiger partial charge on any atom is 0.269 e. The van der Waals surface area contributed by atoms with Crippen molar-refractivity contribution >= 4 is 68.3 Å². The van der Waals surface area contributed by atoms with Crippen LogP contribution in [0.25, 0.3) is 0 Å². The van der Waals surface area contributed by atoms with E-state index in [1.54, 1.807) is 45.9 Å². The van der Waals surface area contributed by atoms with E-state index in [-0.39, 0.29) is 19.9 Å². The summed E-state index contributed by atoms with van der Waals surface area (Å²) >= 11 is 0. The Morgan fingerprint density at radius 2 is 1.17 bits per heavy atom. The summed E-state index contributed by atoms with van der Waals surface area (Å²) in [7, 11) is 3.14. The molecule has 3 heterocycles. The minimum atomic E-state index is -0.427. The van der Waals surface area contributed by atoms with E-state index in [1.807, 2.05) is 0 Å². The molecule has 0 atom stereocenters. The van der Waals surface area contributed by atoms with Crippen LogP contribution in [0.2, 0.25) is 0 Å². The van der Waals surface area contributed by atoms with Crippen LogP contribution in [0.4, 0.5) is 22.7 Å². The molecule has 5 rings (SSSR count). The second-order valence-corrected chi connectivity index (χ2v) is 11.9. The summed E-state index contributed by atoms with van der Waals surface area (Å²) in [5, 5.41) is 24.5. The van der Waals surface area contributed by atoms with E-state index in [0.717, 1.165) is 28.5 Å². The highest BCUT2D eigenvalue weighted by Crippen LogP contribution is 2.58. The first kappa shape index (κ1) is 19.1. The van der Waals surface area contributed by atoms with Crippen molar-refractivity contribution < 1.29 is 9.85 Å². The van der Waals surface area contributed by atoms with Gasteiger partial charge < -0.3 is 0 Å². The van der Waals surface area contributed by atoms with Crippen molar-refractivity contribution in [3.05, 3.63) is 68.8 Å². The van der Waals surface area contributed by atoms with Crippen molar-refractivity contribution in [2.75, 3.05) is 13.1 Å². The molecule has 0 N–H and O–H groups in total. The molecule has 0 aliphatic carbocycles. The molecule has 0 bridgehead atoms. The molecule has 3 aliphatic rings. The number of nitro benzene ring substituents is 2. The number of non-ortho nitro benzene ring substituents is 2. The van der Waals surface area contributed by atoms with E-state index in [2.05, 4.69) is 19.8 Å². The molecule has 152 valence electrons. The van der Waals surface area contributed by atoms with Crippen LogP contribution in [0.5, 0.6) is 0 Å². The highest BCUT2D eigenvalue weighted by Gasteiger charge is 2.45. The average Bonchev–Trinajstić information content (AvgIpc) is 3.40. The Kier molecular flexibility index (Phi) is 4.72. The number of benzene rings is 2. The van der Waals surface area contributed by atoms with Crippen LogP contribution in [-0.4, -0.2) is 48.2 Å². The minimum Gasteiger partial charge on any atom is -0.298 e. The molecule has 0 radical (unpaired) electrons. The quantitative estimate of drug-likeness (QED) is 0.284. The number of rotatable bonds is 4. The zero-order chi connectivity index (χ0) is 20.8. The molecule has 0 aromatic heterocycles. The van der Waals surface area contributed by atoms with Gasteiger partial charge in [-0.05, 0) is 54.4 Å². The Morgan fingerprint density at radius 1 is 0.767 bits per heavy atom. The number of nitro groups is 2. The van der Waals surface area contributed by atoms with Crippen molar-refractivity contribution in [1.82, 2.24) is 9.80 Å². The summed E-state index contributed by atoms with van der Waals surface area (Å²) in [6.07, 6.45) is 0. The van der Waals surface area contributed by atoms with Crippen LogP contribution in [0.3, 0.4) is 0 Å². The number of hydrogen-bond acceptors (Lipinski definition) is 8. The number of aliphatic imine (C=N–C) groups is 2. The lowest BCUT2D eigenvalue weighted by Crippen LogP contribution is -2.32. The monoisotopic (exact) mass is 460 g/mol. The summed E-state index contributed by atoms with van der Waals surface area (Å²) in [6.45, 7) is 1.58. The Hall–Kier alpha value is -2.90. The van der Waals surface area contributed by atoms with E-state index in [0.29, 0.717) is 11.4 Å². The maximum absolute atomic E-state index is 10.8. The van der Waals surface area contributed by atoms with Crippen molar-refractivity contribution in [2.45, 2.75) is 0 Å². The van der Waals surface area contributed by atoms with Gasteiger partial charge >= 0.3 is 0 Å². The van der Waals surface area contributed by atoms with Gasteiger partial charge in [0.25, 0.3) is 11.4 Å². The third kappa shape index (κ3) is 3.34. The van der Waals surface area contributed by atoms with Gasteiger partial charge in [-0.1, -0.05) is 0 Å². The SMILES string of the molecule is O=[N+]([O-])c1ccc(N=C2SS3=C4N2CCN4C(=Nc2ccc([N+](=O)[O-])cc2)S3)cc1. The summed E-state index contributed by atoms with van der Waals surface area (Å²) in [6, 6.07) is 12.4. The lowest BCUT2D eigenvalue weighted by Gasteiger charge is -2.16. The Labute approximate surface area is 179 Å². The summed E-state index contributed by atoms with van der Waals surface area (Å²) in [5.74, 6) is 0. The fourth-order valence-corrected chi connectivity index (χ4v) is 9.78. The molecule has 30 heavy (non-hydrogen) atoms. The molecule has 0 spiro atoms. The van der Waals surface area contributed by atoms with Crippen molar-refractivity contribution in [1.29, 1.82) is 0 Å². The third-order valence-electron chi connectivity index (χ3n) is 4.49. The molecule has 0 unspecified atom stereocenters. The maximum atomic E-state index is 10.8. The molecule has 10 nitrogen and oxygen atoms in total. The molecule has 2 aromatic carbocycles. The zero-order valence-electron chi connectivity index (χ0n) is 15.1. The highest BCUT2D eigenvalue weighted by atomic mass is 33.5. The van der Waals surface area contributed by atoms with Gasteiger partial charge in [-0.15, -0.1) is 0 Å². The Bertz CT molecular complexity index is 1070. The fourth-order valence-electron chi connectivity index (χ4n) is 3.07. The van der Waals surface area contributed by atoms with Crippen molar-refractivity contribution in [3.63, 3.8) is 0 Å². The lowest BCUT2D eigenvalue weighted by atomic mass is 10.3.